The van der Waals surface area contributed by atoms with E-state index >= 15 is 0 Å². The summed E-state index contributed by atoms with van der Waals surface area (Å²) < 4.78 is 4.82. The van der Waals surface area contributed by atoms with E-state index in [9.17, 15) is 14.4 Å². The first-order valence-electron chi connectivity index (χ1n) is 7.49. The van der Waals surface area contributed by atoms with Gasteiger partial charge in [0.05, 0.1) is 6.54 Å². The first-order valence-corrected chi connectivity index (χ1v) is 7.49. The predicted octanol–water partition coefficient (Wildman–Crippen LogP) is -0.266. The quantitative estimate of drug-likeness (QED) is 0.810. The fourth-order valence-corrected chi connectivity index (χ4v) is 2.38. The van der Waals surface area contributed by atoms with Crippen LogP contribution in [0.5, 0.6) is 0 Å². The van der Waals surface area contributed by atoms with Gasteiger partial charge in [-0.25, -0.2) is 0 Å². The summed E-state index contributed by atoms with van der Waals surface area (Å²) in [6, 6.07) is 8.76. The smallest absolute Gasteiger partial charge is 0.251 e. The number of methoxy groups -OCH3 is 1. The Bertz CT molecular complexity index is 554. The first-order chi connectivity index (χ1) is 11.1. The highest BCUT2D eigenvalue weighted by molar-refractivity contribution is 5.96. The van der Waals surface area contributed by atoms with Gasteiger partial charge in [-0.2, -0.15) is 0 Å². The van der Waals surface area contributed by atoms with Gasteiger partial charge < -0.3 is 19.9 Å². The van der Waals surface area contributed by atoms with E-state index in [1.807, 2.05) is 6.07 Å². The number of amides is 3. The molecule has 0 saturated carbocycles. The van der Waals surface area contributed by atoms with Gasteiger partial charge in [-0.1, -0.05) is 18.2 Å². The molecule has 0 aliphatic carbocycles. The number of carbonyl (C=O) groups excluding carboxylic acids is 3. The molecule has 1 saturated heterocycles. The average Bonchev–Trinajstić information content (AvgIpc) is 2.60. The topological polar surface area (TPSA) is 79.0 Å². The maximum atomic E-state index is 12.1. The Balaban J connectivity index is 1.75. The van der Waals surface area contributed by atoms with Gasteiger partial charge in [0.25, 0.3) is 5.91 Å². The summed E-state index contributed by atoms with van der Waals surface area (Å²) in [5.74, 6) is -0.488. The molecule has 0 atom stereocenters. The maximum absolute atomic E-state index is 12.1. The Morgan fingerprint density at radius 2 is 1.57 bits per heavy atom. The molecule has 2 rings (SSSR count). The number of rotatable bonds is 5. The van der Waals surface area contributed by atoms with E-state index in [1.54, 1.807) is 34.1 Å². The molecular formula is C16H21N3O4. The molecule has 0 spiro atoms. The zero-order valence-electron chi connectivity index (χ0n) is 13.2. The highest BCUT2D eigenvalue weighted by atomic mass is 16.5. The van der Waals surface area contributed by atoms with Gasteiger partial charge in [0.1, 0.15) is 6.61 Å². The molecule has 3 amide bonds. The summed E-state index contributed by atoms with van der Waals surface area (Å²) in [5.41, 5.74) is 0.523. The SMILES string of the molecule is COCC(=O)N1CCN(C(=O)CNC(=O)c2ccccc2)CC1. The highest BCUT2D eigenvalue weighted by Gasteiger charge is 2.24. The predicted molar refractivity (Wildman–Crippen MR) is 83.8 cm³/mol. The van der Waals surface area contributed by atoms with Crippen molar-refractivity contribution >= 4 is 17.7 Å². The molecule has 1 N–H and O–H groups in total. The summed E-state index contributed by atoms with van der Waals surface area (Å²) in [6.45, 7) is 1.92. The van der Waals surface area contributed by atoms with Crippen molar-refractivity contribution in [3.63, 3.8) is 0 Å². The van der Waals surface area contributed by atoms with Crippen molar-refractivity contribution in [1.29, 1.82) is 0 Å². The van der Waals surface area contributed by atoms with Gasteiger partial charge >= 0.3 is 0 Å². The Labute approximate surface area is 135 Å². The third kappa shape index (κ3) is 4.79. The molecule has 1 aromatic rings. The summed E-state index contributed by atoms with van der Waals surface area (Å²) in [6.07, 6.45) is 0. The third-order valence-electron chi connectivity index (χ3n) is 3.69. The van der Waals surface area contributed by atoms with Crippen molar-refractivity contribution in [2.45, 2.75) is 0 Å². The van der Waals surface area contributed by atoms with E-state index in [2.05, 4.69) is 5.32 Å². The van der Waals surface area contributed by atoms with Crippen LogP contribution in [0.25, 0.3) is 0 Å². The number of nitrogens with one attached hydrogen (secondary N) is 1. The zero-order valence-corrected chi connectivity index (χ0v) is 13.2. The third-order valence-corrected chi connectivity index (χ3v) is 3.69. The molecule has 0 radical (unpaired) electrons. The number of hydrogen-bond acceptors (Lipinski definition) is 4. The average molecular weight is 319 g/mol. The van der Waals surface area contributed by atoms with Crippen molar-refractivity contribution in [2.75, 3.05) is 46.4 Å². The molecule has 124 valence electrons. The van der Waals surface area contributed by atoms with E-state index in [4.69, 9.17) is 4.74 Å². The lowest BCUT2D eigenvalue weighted by atomic mass is 10.2. The Hall–Kier alpha value is -2.41. The number of carbonyl (C=O) groups is 3. The van der Waals surface area contributed by atoms with E-state index in [-0.39, 0.29) is 30.9 Å². The molecular weight excluding hydrogens is 298 g/mol. The highest BCUT2D eigenvalue weighted by Crippen LogP contribution is 2.03. The van der Waals surface area contributed by atoms with Crippen LogP contribution in [0.2, 0.25) is 0 Å². The molecule has 1 fully saturated rings. The molecule has 0 aromatic heterocycles. The van der Waals surface area contributed by atoms with Gasteiger partial charge in [-0.15, -0.1) is 0 Å². The summed E-state index contributed by atoms with van der Waals surface area (Å²) in [4.78, 5) is 39.0. The van der Waals surface area contributed by atoms with Crippen LogP contribution in [0, 0.1) is 0 Å². The number of nitrogens with zero attached hydrogens (tertiary/aromatic N) is 2. The molecule has 7 heteroatoms. The van der Waals surface area contributed by atoms with Crippen LogP contribution in [0.3, 0.4) is 0 Å². The number of ether oxygens (including phenoxy) is 1. The van der Waals surface area contributed by atoms with Gasteiger partial charge in [0.2, 0.25) is 11.8 Å². The molecule has 0 unspecified atom stereocenters. The van der Waals surface area contributed by atoms with E-state index < -0.39 is 0 Å². The van der Waals surface area contributed by atoms with E-state index in [0.717, 1.165) is 0 Å². The Morgan fingerprint density at radius 3 is 2.13 bits per heavy atom. The number of benzene rings is 1. The van der Waals surface area contributed by atoms with Crippen LogP contribution >= 0.6 is 0 Å². The van der Waals surface area contributed by atoms with Crippen molar-refractivity contribution in [1.82, 2.24) is 15.1 Å². The van der Waals surface area contributed by atoms with Crippen LogP contribution in [0.15, 0.2) is 30.3 Å². The van der Waals surface area contributed by atoms with E-state index in [0.29, 0.717) is 31.7 Å². The second-order valence-electron chi connectivity index (χ2n) is 5.24. The molecule has 1 aromatic carbocycles. The van der Waals surface area contributed by atoms with Gasteiger partial charge in [-0.3, -0.25) is 14.4 Å². The number of hydrogen-bond donors (Lipinski definition) is 1. The van der Waals surface area contributed by atoms with Crippen molar-refractivity contribution in [3.05, 3.63) is 35.9 Å². The fraction of sp³-hybridized carbons (Fsp3) is 0.438. The van der Waals surface area contributed by atoms with Crippen LogP contribution in [0.4, 0.5) is 0 Å². The molecule has 1 aliphatic heterocycles. The lowest BCUT2D eigenvalue weighted by molar-refractivity contribution is -0.141. The van der Waals surface area contributed by atoms with Gasteiger partial charge in [0.15, 0.2) is 0 Å². The minimum Gasteiger partial charge on any atom is -0.375 e. The molecule has 0 bridgehead atoms. The first kappa shape index (κ1) is 17.0. The summed E-state index contributed by atoms with van der Waals surface area (Å²) >= 11 is 0. The summed E-state index contributed by atoms with van der Waals surface area (Å²) in [5, 5.41) is 2.62. The minimum atomic E-state index is -0.271. The molecule has 23 heavy (non-hydrogen) atoms. The van der Waals surface area contributed by atoms with Crippen LogP contribution in [-0.2, 0) is 14.3 Å². The molecule has 1 aliphatic rings. The van der Waals surface area contributed by atoms with Crippen molar-refractivity contribution in [3.8, 4) is 0 Å². The van der Waals surface area contributed by atoms with E-state index in [1.165, 1.54) is 7.11 Å². The monoisotopic (exact) mass is 319 g/mol. The molecule has 1 heterocycles. The van der Waals surface area contributed by atoms with Crippen LogP contribution in [0.1, 0.15) is 10.4 Å². The van der Waals surface area contributed by atoms with Gasteiger partial charge in [0, 0.05) is 38.9 Å². The van der Waals surface area contributed by atoms with Crippen molar-refractivity contribution in [2.24, 2.45) is 0 Å². The standard InChI is InChI=1S/C16H21N3O4/c1-23-12-15(21)19-9-7-18(8-10-19)14(20)11-17-16(22)13-5-3-2-4-6-13/h2-6H,7-12H2,1H3,(H,17,22). The molecule has 7 nitrogen and oxygen atoms in total. The lowest BCUT2D eigenvalue weighted by Crippen LogP contribution is -2.53. The minimum absolute atomic E-state index is 0.0419. The second-order valence-corrected chi connectivity index (χ2v) is 5.24. The lowest BCUT2D eigenvalue weighted by Gasteiger charge is -2.34. The zero-order chi connectivity index (χ0) is 16.7. The van der Waals surface area contributed by atoms with Crippen molar-refractivity contribution < 1.29 is 19.1 Å². The largest absolute Gasteiger partial charge is 0.375 e. The Morgan fingerprint density at radius 1 is 1.00 bits per heavy atom. The van der Waals surface area contributed by atoms with Gasteiger partial charge in [-0.05, 0) is 12.1 Å². The van der Waals surface area contributed by atoms with Crippen LogP contribution < -0.4 is 5.32 Å². The number of piperazine rings is 1. The maximum Gasteiger partial charge on any atom is 0.251 e. The summed E-state index contributed by atoms with van der Waals surface area (Å²) in [7, 11) is 1.48. The Kier molecular flexibility index (Phi) is 6.10. The fourth-order valence-electron chi connectivity index (χ4n) is 2.38. The second kappa shape index (κ2) is 8.28. The van der Waals surface area contributed by atoms with Crippen LogP contribution in [-0.4, -0.2) is 74.0 Å². The normalized spacial score (nSPS) is 14.5.